The first-order valence-electron chi connectivity index (χ1n) is 16.9. The molecule has 0 radical (unpaired) electrons. The Bertz CT molecular complexity index is 2430. The second kappa shape index (κ2) is 16.4. The second-order valence-corrected chi connectivity index (χ2v) is 14.5. The van der Waals surface area contributed by atoms with E-state index in [1.165, 1.54) is 23.1 Å². The molecule has 1 atom stereocenters. The fraction of sp³-hybridized carbons (Fsp3) is 0.0455. The first kappa shape index (κ1) is 35.1. The van der Waals surface area contributed by atoms with E-state index in [0.29, 0.717) is 16.4 Å². The molecule has 1 unspecified atom stereocenters. The van der Waals surface area contributed by atoms with Gasteiger partial charge in [0, 0.05) is 26.6 Å². The quantitative estimate of drug-likeness (QED) is 0.0909. The minimum Gasteiger partial charge on any atom is -0.321 e. The molecule has 7 nitrogen and oxygen atoms in total. The summed E-state index contributed by atoms with van der Waals surface area (Å²) in [4.78, 5) is 47.7. The first-order chi connectivity index (χ1) is 25.9. The van der Waals surface area contributed by atoms with Gasteiger partial charge in [-0.25, -0.2) is 4.98 Å². The molecular weight excluding hydrogens is 697 g/mol. The number of benzene rings is 6. The van der Waals surface area contributed by atoms with Crippen molar-refractivity contribution in [2.75, 3.05) is 10.6 Å². The zero-order chi connectivity index (χ0) is 36.6. The molecule has 0 aliphatic heterocycles. The zero-order valence-corrected chi connectivity index (χ0v) is 30.3. The Morgan fingerprint density at radius 2 is 1.38 bits per heavy atom. The molecule has 3 amide bonds. The fourth-order valence-corrected chi connectivity index (χ4v) is 7.76. The van der Waals surface area contributed by atoms with Crippen LogP contribution in [0.5, 0.6) is 0 Å². The normalized spacial score (nSPS) is 11.8. The summed E-state index contributed by atoms with van der Waals surface area (Å²) in [5, 5.41) is 10.7. The van der Waals surface area contributed by atoms with Crippen LogP contribution >= 0.6 is 23.1 Å². The number of amides is 3. The van der Waals surface area contributed by atoms with Gasteiger partial charge in [-0.15, -0.1) is 23.1 Å². The maximum absolute atomic E-state index is 13.9. The number of carbonyl (C=O) groups is 3. The number of nitrogens with one attached hydrogen (secondary N) is 3. The average Bonchev–Trinajstić information content (AvgIpc) is 3.57. The van der Waals surface area contributed by atoms with Crippen LogP contribution in [0, 0.1) is 6.92 Å². The Balaban J connectivity index is 1.14. The lowest BCUT2D eigenvalue weighted by Gasteiger charge is -2.17. The third-order valence-corrected chi connectivity index (χ3v) is 10.5. The Hall–Kier alpha value is -6.29. The zero-order valence-electron chi connectivity index (χ0n) is 28.7. The molecule has 53 heavy (non-hydrogen) atoms. The molecule has 0 aliphatic rings. The minimum atomic E-state index is -0.612. The summed E-state index contributed by atoms with van der Waals surface area (Å²) in [5.74, 6) is -1.11. The SMILES string of the molecule is Cc1sc(NC(=O)C(Sc2cccc(NC(=O)/C(=C\c3cccc4ccccc34)NC(=O)c3ccccc3)c2)c2ccccc2)nc1-c1ccccc1. The monoisotopic (exact) mass is 730 g/mol. The molecule has 0 saturated heterocycles. The van der Waals surface area contributed by atoms with Crippen LogP contribution in [0.2, 0.25) is 0 Å². The van der Waals surface area contributed by atoms with Gasteiger partial charge in [-0.1, -0.05) is 127 Å². The molecule has 9 heteroatoms. The van der Waals surface area contributed by atoms with Crippen molar-refractivity contribution in [3.8, 4) is 11.3 Å². The molecule has 1 aromatic heterocycles. The van der Waals surface area contributed by atoms with E-state index < -0.39 is 17.1 Å². The molecule has 7 rings (SSSR count). The number of thiazole rings is 1. The molecule has 0 aliphatic carbocycles. The van der Waals surface area contributed by atoms with Gasteiger partial charge in [0.25, 0.3) is 11.8 Å². The van der Waals surface area contributed by atoms with Gasteiger partial charge in [0.05, 0.1) is 5.69 Å². The largest absolute Gasteiger partial charge is 0.321 e. The number of fused-ring (bicyclic) bond motifs is 1. The Labute approximate surface area is 315 Å². The van der Waals surface area contributed by atoms with E-state index in [0.717, 1.165) is 42.9 Å². The molecule has 0 saturated carbocycles. The molecular formula is C44H34N4O3S2. The van der Waals surface area contributed by atoms with E-state index in [9.17, 15) is 14.4 Å². The minimum absolute atomic E-state index is 0.0865. The highest BCUT2D eigenvalue weighted by atomic mass is 32.2. The number of aromatic nitrogens is 1. The lowest BCUT2D eigenvalue weighted by molar-refractivity contribution is -0.116. The summed E-state index contributed by atoms with van der Waals surface area (Å²) < 4.78 is 0. The summed E-state index contributed by atoms with van der Waals surface area (Å²) in [6.07, 6.45) is 1.69. The van der Waals surface area contributed by atoms with Crippen LogP contribution in [0.4, 0.5) is 10.8 Å². The van der Waals surface area contributed by atoms with E-state index in [-0.39, 0.29) is 11.6 Å². The summed E-state index contributed by atoms with van der Waals surface area (Å²) >= 11 is 2.80. The number of rotatable bonds is 11. The Morgan fingerprint density at radius 3 is 2.15 bits per heavy atom. The van der Waals surface area contributed by atoms with Crippen molar-refractivity contribution in [1.29, 1.82) is 0 Å². The van der Waals surface area contributed by atoms with Crippen LogP contribution in [0.15, 0.2) is 168 Å². The molecule has 6 aromatic carbocycles. The van der Waals surface area contributed by atoms with Crippen LogP contribution in [-0.2, 0) is 9.59 Å². The van der Waals surface area contributed by atoms with E-state index in [4.69, 9.17) is 4.98 Å². The number of nitrogens with zero attached hydrogens (tertiary/aromatic N) is 1. The van der Waals surface area contributed by atoms with Crippen LogP contribution in [-0.4, -0.2) is 22.7 Å². The molecule has 0 spiro atoms. The molecule has 1 heterocycles. The third-order valence-electron chi connectivity index (χ3n) is 8.41. The van der Waals surface area contributed by atoms with Crippen molar-refractivity contribution in [3.63, 3.8) is 0 Å². The van der Waals surface area contributed by atoms with E-state index in [1.807, 2.05) is 134 Å². The summed E-state index contributed by atoms with van der Waals surface area (Å²) in [7, 11) is 0. The summed E-state index contributed by atoms with van der Waals surface area (Å²) in [6, 6.07) is 49.2. The lowest BCUT2D eigenvalue weighted by Crippen LogP contribution is -2.30. The molecule has 0 fully saturated rings. The van der Waals surface area contributed by atoms with Crippen molar-refractivity contribution < 1.29 is 14.4 Å². The number of thioether (sulfide) groups is 1. The third kappa shape index (κ3) is 8.61. The van der Waals surface area contributed by atoms with Gasteiger partial charge in [-0.2, -0.15) is 0 Å². The first-order valence-corrected chi connectivity index (χ1v) is 18.6. The van der Waals surface area contributed by atoms with Crippen LogP contribution in [0.25, 0.3) is 28.1 Å². The van der Waals surface area contributed by atoms with Crippen molar-refractivity contribution in [2.24, 2.45) is 0 Å². The fourth-order valence-electron chi connectivity index (χ4n) is 5.84. The maximum atomic E-state index is 13.9. The highest BCUT2D eigenvalue weighted by molar-refractivity contribution is 8.00. The maximum Gasteiger partial charge on any atom is 0.272 e. The van der Waals surface area contributed by atoms with Gasteiger partial charge in [0.2, 0.25) is 5.91 Å². The van der Waals surface area contributed by atoms with Gasteiger partial charge in [-0.3, -0.25) is 14.4 Å². The van der Waals surface area contributed by atoms with Crippen molar-refractivity contribution in [3.05, 3.63) is 185 Å². The highest BCUT2D eigenvalue weighted by Gasteiger charge is 2.24. The van der Waals surface area contributed by atoms with Crippen LogP contribution in [0.3, 0.4) is 0 Å². The summed E-state index contributed by atoms with van der Waals surface area (Å²) in [5.41, 5.74) is 4.46. The second-order valence-electron chi connectivity index (χ2n) is 12.1. The van der Waals surface area contributed by atoms with Crippen molar-refractivity contribution in [2.45, 2.75) is 17.1 Å². The smallest absolute Gasteiger partial charge is 0.272 e. The van der Waals surface area contributed by atoms with Gasteiger partial charge < -0.3 is 16.0 Å². The number of carbonyl (C=O) groups excluding carboxylic acids is 3. The highest BCUT2D eigenvalue weighted by Crippen LogP contribution is 2.38. The van der Waals surface area contributed by atoms with Gasteiger partial charge in [0.1, 0.15) is 10.9 Å². The molecule has 260 valence electrons. The number of hydrogen-bond donors (Lipinski definition) is 3. The molecule has 7 aromatic rings. The summed E-state index contributed by atoms with van der Waals surface area (Å²) in [6.45, 7) is 1.99. The van der Waals surface area contributed by atoms with Crippen molar-refractivity contribution in [1.82, 2.24) is 10.3 Å². The predicted octanol–water partition coefficient (Wildman–Crippen LogP) is 10.2. The van der Waals surface area contributed by atoms with E-state index >= 15 is 0 Å². The van der Waals surface area contributed by atoms with Crippen LogP contribution < -0.4 is 16.0 Å². The standard InChI is InChI=1S/C44H34N4O3S2/c1-29-39(31-16-5-2-6-17-31)47-44(52-29)48-43(51)40(32-18-7-3-8-19-32)53-36-25-14-24-35(28-36)45-42(50)38(46-41(49)33-20-9-4-10-21-33)27-34-23-13-22-30-15-11-12-26-37(30)34/h2-28,40H,1H3,(H,45,50)(H,46,49)(H,47,48,51)/b38-27+. The topological polar surface area (TPSA) is 100 Å². The number of anilines is 2. The van der Waals surface area contributed by atoms with Gasteiger partial charge >= 0.3 is 0 Å². The van der Waals surface area contributed by atoms with Gasteiger partial charge in [0.15, 0.2) is 5.13 Å². The number of aryl methyl sites for hydroxylation is 1. The van der Waals surface area contributed by atoms with E-state index in [1.54, 1.807) is 36.4 Å². The Kier molecular flexibility index (Phi) is 10.9. The van der Waals surface area contributed by atoms with E-state index in [2.05, 4.69) is 16.0 Å². The molecule has 0 bridgehead atoms. The van der Waals surface area contributed by atoms with Gasteiger partial charge in [-0.05, 0) is 65.2 Å². The van der Waals surface area contributed by atoms with Crippen molar-refractivity contribution >= 4 is 68.5 Å². The predicted molar refractivity (Wildman–Crippen MR) is 217 cm³/mol. The van der Waals surface area contributed by atoms with Crippen LogP contribution in [0.1, 0.15) is 31.6 Å². The number of hydrogen-bond acceptors (Lipinski definition) is 6. The Morgan fingerprint density at radius 1 is 0.717 bits per heavy atom. The molecule has 3 N–H and O–H groups in total. The lowest BCUT2D eigenvalue weighted by atomic mass is 10.0. The average molecular weight is 731 g/mol.